The summed E-state index contributed by atoms with van der Waals surface area (Å²) in [6, 6.07) is 3.90. The van der Waals surface area contributed by atoms with Crippen LogP contribution in [-0.4, -0.2) is 21.4 Å². The van der Waals surface area contributed by atoms with Crippen molar-refractivity contribution in [3.05, 3.63) is 42.2 Å². The third-order valence-corrected chi connectivity index (χ3v) is 3.05. The van der Waals surface area contributed by atoms with E-state index in [0.717, 1.165) is 23.0 Å². The third kappa shape index (κ3) is 2.19. The van der Waals surface area contributed by atoms with Crippen LogP contribution in [0.2, 0.25) is 0 Å². The summed E-state index contributed by atoms with van der Waals surface area (Å²) >= 11 is 0. The topological polar surface area (TPSA) is 84.6 Å². The standard InChI is InChI=1S/C13H16N6O/c1-9-3-4-10(20-9)7-18(2)13-12-15-5-6-19(12)8-11(16-13)17-14/h3-6,8,17H,7,14H2,1-2H3. The summed E-state index contributed by atoms with van der Waals surface area (Å²) in [7, 11) is 1.94. The van der Waals surface area contributed by atoms with Crippen LogP contribution in [0.25, 0.3) is 5.65 Å². The number of hydrogen-bond acceptors (Lipinski definition) is 6. The van der Waals surface area contributed by atoms with E-state index in [9.17, 15) is 0 Å². The Morgan fingerprint density at radius 3 is 3.00 bits per heavy atom. The Kier molecular flexibility index (Phi) is 3.03. The Labute approximate surface area is 116 Å². The maximum absolute atomic E-state index is 5.59. The average Bonchev–Trinajstić information content (AvgIpc) is 3.06. The van der Waals surface area contributed by atoms with Gasteiger partial charge in [0.2, 0.25) is 0 Å². The fourth-order valence-corrected chi connectivity index (χ4v) is 2.12. The minimum absolute atomic E-state index is 0.577. The Hall–Kier alpha value is -2.54. The van der Waals surface area contributed by atoms with Crippen molar-refractivity contribution in [1.29, 1.82) is 0 Å². The second-order valence-electron chi connectivity index (χ2n) is 4.62. The molecule has 0 unspecified atom stereocenters. The highest BCUT2D eigenvalue weighted by Crippen LogP contribution is 2.21. The summed E-state index contributed by atoms with van der Waals surface area (Å²) in [6.45, 7) is 2.53. The summed E-state index contributed by atoms with van der Waals surface area (Å²) in [4.78, 5) is 10.8. The van der Waals surface area contributed by atoms with Crippen LogP contribution in [-0.2, 0) is 6.54 Å². The van der Waals surface area contributed by atoms with E-state index < -0.39 is 0 Å². The maximum Gasteiger partial charge on any atom is 0.180 e. The van der Waals surface area contributed by atoms with E-state index in [1.54, 1.807) is 12.4 Å². The average molecular weight is 272 g/mol. The van der Waals surface area contributed by atoms with Gasteiger partial charge in [0, 0.05) is 19.4 Å². The first-order chi connectivity index (χ1) is 9.67. The number of nitrogens with zero attached hydrogens (tertiary/aromatic N) is 4. The number of furan rings is 1. The minimum atomic E-state index is 0.577. The molecule has 0 aliphatic heterocycles. The molecule has 104 valence electrons. The molecule has 0 bridgehead atoms. The SMILES string of the molecule is Cc1ccc(CN(C)c2nc(NN)cn3ccnc23)o1. The number of nitrogen functional groups attached to an aromatic ring is 1. The van der Waals surface area contributed by atoms with E-state index in [4.69, 9.17) is 10.3 Å². The van der Waals surface area contributed by atoms with Gasteiger partial charge in [-0.1, -0.05) is 0 Å². The molecular formula is C13H16N6O. The van der Waals surface area contributed by atoms with Gasteiger partial charge < -0.3 is 19.1 Å². The van der Waals surface area contributed by atoms with Crippen molar-refractivity contribution in [2.24, 2.45) is 5.84 Å². The summed E-state index contributed by atoms with van der Waals surface area (Å²) in [5.41, 5.74) is 3.34. The lowest BCUT2D eigenvalue weighted by molar-refractivity contribution is 0.481. The summed E-state index contributed by atoms with van der Waals surface area (Å²) < 4.78 is 7.47. The van der Waals surface area contributed by atoms with E-state index in [-0.39, 0.29) is 0 Å². The maximum atomic E-state index is 5.59. The Morgan fingerprint density at radius 1 is 1.45 bits per heavy atom. The van der Waals surface area contributed by atoms with E-state index in [0.29, 0.717) is 12.4 Å². The number of anilines is 2. The Balaban J connectivity index is 1.97. The molecule has 0 fully saturated rings. The van der Waals surface area contributed by atoms with E-state index in [1.165, 1.54) is 0 Å². The largest absolute Gasteiger partial charge is 0.464 e. The van der Waals surface area contributed by atoms with E-state index >= 15 is 0 Å². The molecule has 0 saturated carbocycles. The molecule has 7 heteroatoms. The molecule has 0 aliphatic rings. The number of hydrazine groups is 1. The highest BCUT2D eigenvalue weighted by molar-refractivity contribution is 5.66. The second kappa shape index (κ2) is 4.86. The van der Waals surface area contributed by atoms with Crippen LogP contribution in [0.1, 0.15) is 11.5 Å². The number of rotatable bonds is 4. The molecule has 0 atom stereocenters. The number of aromatic nitrogens is 3. The predicted molar refractivity (Wildman–Crippen MR) is 76.3 cm³/mol. The number of fused-ring (bicyclic) bond motifs is 1. The van der Waals surface area contributed by atoms with Crippen LogP contribution < -0.4 is 16.2 Å². The molecule has 7 nitrogen and oxygen atoms in total. The van der Waals surface area contributed by atoms with Crippen molar-refractivity contribution in [1.82, 2.24) is 14.4 Å². The quantitative estimate of drug-likeness (QED) is 0.554. The second-order valence-corrected chi connectivity index (χ2v) is 4.62. The van der Waals surface area contributed by atoms with Crippen molar-refractivity contribution in [2.45, 2.75) is 13.5 Å². The lowest BCUT2D eigenvalue weighted by Crippen LogP contribution is -2.20. The van der Waals surface area contributed by atoms with Gasteiger partial charge in [-0.05, 0) is 19.1 Å². The lowest BCUT2D eigenvalue weighted by atomic mass is 10.4. The van der Waals surface area contributed by atoms with Crippen molar-refractivity contribution in [3.63, 3.8) is 0 Å². The van der Waals surface area contributed by atoms with Crippen LogP contribution in [0.15, 0.2) is 35.1 Å². The molecule has 3 aromatic heterocycles. The lowest BCUT2D eigenvalue weighted by Gasteiger charge is -2.18. The molecule has 3 aromatic rings. The normalized spacial score (nSPS) is 10.9. The molecule has 3 N–H and O–H groups in total. The molecule has 0 amide bonds. The van der Waals surface area contributed by atoms with Gasteiger partial charge in [0.1, 0.15) is 11.5 Å². The highest BCUT2D eigenvalue weighted by Gasteiger charge is 2.13. The number of imidazole rings is 1. The van der Waals surface area contributed by atoms with Gasteiger partial charge in [0.25, 0.3) is 0 Å². The minimum Gasteiger partial charge on any atom is -0.464 e. The van der Waals surface area contributed by atoms with Gasteiger partial charge in [-0.3, -0.25) is 0 Å². The summed E-state index contributed by atoms with van der Waals surface area (Å²) in [6.07, 6.45) is 5.37. The Morgan fingerprint density at radius 2 is 2.30 bits per heavy atom. The van der Waals surface area contributed by atoms with Crippen LogP contribution in [0, 0.1) is 6.92 Å². The molecule has 0 saturated heterocycles. The van der Waals surface area contributed by atoms with Gasteiger partial charge in [0.15, 0.2) is 17.3 Å². The van der Waals surface area contributed by atoms with Crippen LogP contribution >= 0.6 is 0 Å². The van der Waals surface area contributed by atoms with E-state index in [1.807, 2.05) is 41.6 Å². The highest BCUT2D eigenvalue weighted by atomic mass is 16.3. The van der Waals surface area contributed by atoms with Gasteiger partial charge >= 0.3 is 0 Å². The fourth-order valence-electron chi connectivity index (χ4n) is 2.12. The van der Waals surface area contributed by atoms with Crippen molar-refractivity contribution in [2.75, 3.05) is 17.4 Å². The van der Waals surface area contributed by atoms with Gasteiger partial charge in [-0.2, -0.15) is 0 Å². The van der Waals surface area contributed by atoms with Crippen LogP contribution in [0.3, 0.4) is 0 Å². The third-order valence-electron chi connectivity index (χ3n) is 3.05. The number of nitrogens with one attached hydrogen (secondary N) is 1. The van der Waals surface area contributed by atoms with Crippen LogP contribution in [0.5, 0.6) is 0 Å². The molecule has 0 aliphatic carbocycles. The summed E-state index contributed by atoms with van der Waals surface area (Å²) in [5.74, 6) is 8.53. The number of nitrogens with two attached hydrogens (primary N) is 1. The molecular weight excluding hydrogens is 256 g/mol. The zero-order valence-corrected chi connectivity index (χ0v) is 11.4. The molecule has 0 aromatic carbocycles. The summed E-state index contributed by atoms with van der Waals surface area (Å²) in [5, 5.41) is 0. The Bertz CT molecular complexity index is 731. The van der Waals surface area contributed by atoms with Gasteiger partial charge in [-0.15, -0.1) is 0 Å². The fraction of sp³-hybridized carbons (Fsp3) is 0.231. The molecule has 3 heterocycles. The van der Waals surface area contributed by atoms with Crippen molar-refractivity contribution in [3.8, 4) is 0 Å². The van der Waals surface area contributed by atoms with Crippen molar-refractivity contribution >= 4 is 17.3 Å². The number of aryl methyl sites for hydroxylation is 1. The molecule has 0 spiro atoms. The van der Waals surface area contributed by atoms with E-state index in [2.05, 4.69) is 15.4 Å². The monoisotopic (exact) mass is 272 g/mol. The predicted octanol–water partition coefficient (Wildman–Crippen LogP) is 1.55. The molecule has 3 rings (SSSR count). The zero-order valence-electron chi connectivity index (χ0n) is 11.4. The zero-order chi connectivity index (χ0) is 14.1. The van der Waals surface area contributed by atoms with Crippen LogP contribution in [0.4, 0.5) is 11.6 Å². The first-order valence-corrected chi connectivity index (χ1v) is 6.24. The number of hydrogen-bond donors (Lipinski definition) is 2. The molecule has 0 radical (unpaired) electrons. The van der Waals surface area contributed by atoms with Crippen molar-refractivity contribution < 1.29 is 4.42 Å². The van der Waals surface area contributed by atoms with Gasteiger partial charge in [-0.25, -0.2) is 15.8 Å². The first kappa shape index (κ1) is 12.5. The van der Waals surface area contributed by atoms with Gasteiger partial charge in [0.05, 0.1) is 12.7 Å². The molecule has 20 heavy (non-hydrogen) atoms. The first-order valence-electron chi connectivity index (χ1n) is 6.24. The smallest absolute Gasteiger partial charge is 0.180 e.